The summed E-state index contributed by atoms with van der Waals surface area (Å²) in [5.74, 6) is -2.01. The molecule has 1 unspecified atom stereocenters. The van der Waals surface area contributed by atoms with Crippen LogP contribution in [0.3, 0.4) is 0 Å². The molecule has 19 heavy (non-hydrogen) atoms. The van der Waals surface area contributed by atoms with Crippen molar-refractivity contribution in [3.05, 3.63) is 0 Å². The SMILES string of the molecule is CCCC1(CCCCC(=O)O)C(=O)N=C(N)NC1=O. The molecule has 0 spiro atoms. The highest BCUT2D eigenvalue weighted by atomic mass is 16.4. The molecule has 0 aromatic rings. The van der Waals surface area contributed by atoms with Crippen LogP contribution in [0.4, 0.5) is 0 Å². The zero-order chi connectivity index (χ0) is 14.5. The summed E-state index contributed by atoms with van der Waals surface area (Å²) in [4.78, 5) is 38.1. The number of carboxylic acid groups (broad SMARTS) is 1. The average molecular weight is 269 g/mol. The van der Waals surface area contributed by atoms with E-state index in [1.165, 1.54) is 0 Å². The van der Waals surface area contributed by atoms with Crippen LogP contribution >= 0.6 is 0 Å². The molecule has 0 fully saturated rings. The molecule has 0 aliphatic carbocycles. The summed E-state index contributed by atoms with van der Waals surface area (Å²) in [6.07, 6.45) is 2.30. The number of carbonyl (C=O) groups is 3. The molecule has 0 radical (unpaired) electrons. The van der Waals surface area contributed by atoms with Crippen LogP contribution in [0.2, 0.25) is 0 Å². The summed E-state index contributed by atoms with van der Waals surface area (Å²) in [7, 11) is 0. The van der Waals surface area contributed by atoms with E-state index in [1.807, 2.05) is 6.92 Å². The zero-order valence-electron chi connectivity index (χ0n) is 10.9. The normalized spacial score (nSPS) is 22.9. The first-order valence-corrected chi connectivity index (χ1v) is 6.34. The number of aliphatic carboxylic acids is 1. The quantitative estimate of drug-likeness (QED) is 0.456. The third kappa shape index (κ3) is 3.52. The monoisotopic (exact) mass is 269 g/mol. The topological polar surface area (TPSA) is 122 Å². The van der Waals surface area contributed by atoms with Crippen molar-refractivity contribution in [3.8, 4) is 0 Å². The van der Waals surface area contributed by atoms with E-state index < -0.39 is 23.2 Å². The molecule has 1 atom stereocenters. The number of rotatable bonds is 7. The molecule has 7 heteroatoms. The highest BCUT2D eigenvalue weighted by molar-refractivity contribution is 6.17. The number of carbonyl (C=O) groups excluding carboxylic acids is 2. The maximum atomic E-state index is 12.0. The number of amides is 2. The van der Waals surface area contributed by atoms with Crippen molar-refractivity contribution in [1.29, 1.82) is 0 Å². The van der Waals surface area contributed by atoms with Gasteiger partial charge in [0.1, 0.15) is 5.41 Å². The Morgan fingerprint density at radius 2 is 2.05 bits per heavy atom. The first-order chi connectivity index (χ1) is 8.92. The number of nitrogens with two attached hydrogens (primary N) is 1. The van der Waals surface area contributed by atoms with Crippen LogP contribution in [-0.2, 0) is 14.4 Å². The van der Waals surface area contributed by atoms with E-state index >= 15 is 0 Å². The molecule has 2 amide bonds. The molecule has 0 bridgehead atoms. The third-order valence-electron chi connectivity index (χ3n) is 3.23. The number of guanidine groups is 1. The van der Waals surface area contributed by atoms with Crippen molar-refractivity contribution in [3.63, 3.8) is 0 Å². The van der Waals surface area contributed by atoms with E-state index in [0.29, 0.717) is 32.1 Å². The van der Waals surface area contributed by atoms with Crippen LogP contribution in [-0.4, -0.2) is 28.8 Å². The highest BCUT2D eigenvalue weighted by Gasteiger charge is 2.47. The van der Waals surface area contributed by atoms with Gasteiger partial charge in [0.2, 0.25) is 11.9 Å². The Morgan fingerprint density at radius 1 is 1.37 bits per heavy atom. The summed E-state index contributed by atoms with van der Waals surface area (Å²) in [6.45, 7) is 1.88. The van der Waals surface area contributed by atoms with Gasteiger partial charge in [-0.25, -0.2) is 0 Å². The van der Waals surface area contributed by atoms with E-state index in [0.717, 1.165) is 0 Å². The lowest BCUT2D eigenvalue weighted by Gasteiger charge is -2.31. The summed E-state index contributed by atoms with van der Waals surface area (Å²) < 4.78 is 0. The Balaban J connectivity index is 2.76. The van der Waals surface area contributed by atoms with Gasteiger partial charge in [0, 0.05) is 6.42 Å². The van der Waals surface area contributed by atoms with E-state index in [2.05, 4.69) is 10.3 Å². The van der Waals surface area contributed by atoms with Gasteiger partial charge < -0.3 is 10.8 Å². The summed E-state index contributed by atoms with van der Waals surface area (Å²) in [5.41, 5.74) is 4.16. The fourth-order valence-electron chi connectivity index (χ4n) is 2.27. The van der Waals surface area contributed by atoms with Gasteiger partial charge >= 0.3 is 5.97 Å². The number of hydrogen-bond donors (Lipinski definition) is 3. The van der Waals surface area contributed by atoms with E-state index in [1.54, 1.807) is 0 Å². The summed E-state index contributed by atoms with van der Waals surface area (Å²) in [6, 6.07) is 0. The molecular weight excluding hydrogens is 250 g/mol. The molecular formula is C12H19N3O4. The molecule has 1 aliphatic rings. The maximum absolute atomic E-state index is 12.0. The summed E-state index contributed by atoms with van der Waals surface area (Å²) >= 11 is 0. The minimum atomic E-state index is -1.18. The Morgan fingerprint density at radius 3 is 2.58 bits per heavy atom. The second-order valence-corrected chi connectivity index (χ2v) is 4.69. The Labute approximate surface area is 111 Å². The second-order valence-electron chi connectivity index (χ2n) is 4.69. The van der Waals surface area contributed by atoms with Gasteiger partial charge in [-0.15, -0.1) is 0 Å². The zero-order valence-corrected chi connectivity index (χ0v) is 10.9. The third-order valence-corrected chi connectivity index (χ3v) is 3.23. The Hall–Kier alpha value is -1.92. The summed E-state index contributed by atoms with van der Waals surface area (Å²) in [5, 5.41) is 11.0. The van der Waals surface area contributed by atoms with E-state index in [4.69, 9.17) is 10.8 Å². The van der Waals surface area contributed by atoms with Crippen LogP contribution < -0.4 is 11.1 Å². The van der Waals surface area contributed by atoms with Gasteiger partial charge in [0.15, 0.2) is 0 Å². The van der Waals surface area contributed by atoms with Crippen LogP contribution in [0.1, 0.15) is 45.4 Å². The smallest absolute Gasteiger partial charge is 0.303 e. The fraction of sp³-hybridized carbons (Fsp3) is 0.667. The molecule has 1 heterocycles. The van der Waals surface area contributed by atoms with Crippen LogP contribution in [0.25, 0.3) is 0 Å². The highest BCUT2D eigenvalue weighted by Crippen LogP contribution is 2.34. The van der Waals surface area contributed by atoms with E-state index in [9.17, 15) is 14.4 Å². The lowest BCUT2D eigenvalue weighted by molar-refractivity contribution is -0.143. The van der Waals surface area contributed by atoms with Crippen LogP contribution in [0.5, 0.6) is 0 Å². The predicted molar refractivity (Wildman–Crippen MR) is 68.2 cm³/mol. The van der Waals surface area contributed by atoms with Crippen molar-refractivity contribution in [2.75, 3.05) is 0 Å². The lowest BCUT2D eigenvalue weighted by Crippen LogP contribution is -2.54. The van der Waals surface area contributed by atoms with Gasteiger partial charge in [0.05, 0.1) is 0 Å². The molecule has 0 aromatic heterocycles. The number of hydrogen-bond acceptors (Lipinski definition) is 4. The largest absolute Gasteiger partial charge is 0.481 e. The average Bonchev–Trinajstić information content (AvgIpc) is 2.30. The van der Waals surface area contributed by atoms with Crippen molar-refractivity contribution in [2.45, 2.75) is 45.4 Å². The van der Waals surface area contributed by atoms with Gasteiger partial charge in [0.25, 0.3) is 5.91 Å². The molecule has 0 saturated carbocycles. The minimum Gasteiger partial charge on any atom is -0.481 e. The first-order valence-electron chi connectivity index (χ1n) is 6.34. The number of nitrogens with zero attached hydrogens (tertiary/aromatic N) is 1. The van der Waals surface area contributed by atoms with Crippen molar-refractivity contribution >= 4 is 23.7 Å². The Bertz CT molecular complexity index is 419. The second kappa shape index (κ2) is 6.31. The molecule has 1 aliphatic heterocycles. The number of aliphatic imine (C=N–C) groups is 1. The predicted octanol–water partition coefficient (Wildman–Crippen LogP) is 0.389. The number of unbranched alkanes of at least 4 members (excludes halogenated alkanes) is 1. The molecule has 1 rings (SSSR count). The molecule has 7 nitrogen and oxygen atoms in total. The number of nitrogens with one attached hydrogen (secondary N) is 1. The molecule has 0 aromatic carbocycles. The molecule has 0 saturated heterocycles. The fourth-order valence-corrected chi connectivity index (χ4v) is 2.27. The van der Waals surface area contributed by atoms with Crippen LogP contribution in [0.15, 0.2) is 4.99 Å². The minimum absolute atomic E-state index is 0.0312. The van der Waals surface area contributed by atoms with Crippen molar-refractivity contribution in [1.82, 2.24) is 5.32 Å². The number of carboxylic acids is 1. The van der Waals surface area contributed by atoms with E-state index in [-0.39, 0.29) is 12.4 Å². The Kier molecular flexibility index (Phi) is 5.02. The standard InChI is InChI=1S/C12H19N3O4/c1-2-6-12(7-4-3-5-8(16)17)9(18)14-11(13)15-10(12)19/h2-7H2,1H3,(H,16,17)(H3,13,14,15,18,19). The van der Waals surface area contributed by atoms with Crippen LogP contribution in [0, 0.1) is 5.41 Å². The van der Waals surface area contributed by atoms with Gasteiger partial charge in [-0.3, -0.25) is 19.7 Å². The first kappa shape index (κ1) is 15.1. The lowest BCUT2D eigenvalue weighted by atomic mass is 9.76. The van der Waals surface area contributed by atoms with Gasteiger partial charge in [-0.1, -0.05) is 19.8 Å². The molecule has 106 valence electrons. The maximum Gasteiger partial charge on any atom is 0.303 e. The van der Waals surface area contributed by atoms with Crippen molar-refractivity contribution in [2.24, 2.45) is 16.1 Å². The van der Waals surface area contributed by atoms with Crippen molar-refractivity contribution < 1.29 is 19.5 Å². The molecule has 4 N–H and O–H groups in total. The van der Waals surface area contributed by atoms with Gasteiger partial charge in [-0.2, -0.15) is 4.99 Å². The van der Waals surface area contributed by atoms with Gasteiger partial charge in [-0.05, 0) is 19.3 Å².